The largest absolute Gasteiger partial charge is 0.472 e. The Morgan fingerprint density at radius 1 is 0.296 bits per heavy atom. The third-order valence-electron chi connectivity index (χ3n) is 16.0. The summed E-state index contributed by atoms with van der Waals surface area (Å²) < 4.78 is 68.4. The smallest absolute Gasteiger partial charge is 0.462 e. The topological polar surface area (TPSA) is 237 Å². The third-order valence-corrected chi connectivity index (χ3v) is 17.9. The molecule has 0 spiro atoms. The van der Waals surface area contributed by atoms with E-state index in [1.807, 2.05) is 0 Å². The number of rotatable bonds is 72. The Hall–Kier alpha value is -4.02. The summed E-state index contributed by atoms with van der Waals surface area (Å²) in [6, 6.07) is 0. The summed E-state index contributed by atoms with van der Waals surface area (Å²) in [6.45, 7) is 4.64. The molecule has 0 fully saturated rings. The van der Waals surface area contributed by atoms with Gasteiger partial charge in [0.1, 0.15) is 19.3 Å². The maximum atomic E-state index is 13.1. The number of phosphoric ester groups is 2. The molecule has 17 nitrogen and oxygen atoms in total. The Bertz CT molecular complexity index is 2240. The van der Waals surface area contributed by atoms with Crippen molar-refractivity contribution in [1.82, 2.24) is 0 Å². The Labute approximate surface area is 595 Å². The predicted molar refractivity (Wildman–Crippen MR) is 399 cm³/mol. The SMILES string of the molecule is CC/C=C\C/C=C\C/C=C\CCCCCCCC(=O)OC(COC(=O)CCCCCCCC/C=C\C/C=C\C/C=C\CCCCC)COP(=O)(O)OCC(O)COP(=O)(O)OCC(COC(=O)CCCCCCC/C=C\CCCCCC)OC(=O)CCCCCCC/C=C\CCCC. The summed E-state index contributed by atoms with van der Waals surface area (Å²) in [5.41, 5.74) is 0. The number of carbonyl (C=O) groups excluding carboxylic acids is 4. The number of allylic oxidation sites excluding steroid dienone is 16. The molecular weight excluding hydrogens is 1280 g/mol. The summed E-state index contributed by atoms with van der Waals surface area (Å²) in [7, 11) is -9.95. The second-order valence-electron chi connectivity index (χ2n) is 25.6. The zero-order valence-electron chi connectivity index (χ0n) is 61.7. The van der Waals surface area contributed by atoms with E-state index in [1.165, 1.54) is 57.8 Å². The number of hydrogen-bond acceptors (Lipinski definition) is 15. The molecule has 0 saturated carbocycles. The summed E-state index contributed by atoms with van der Waals surface area (Å²) in [4.78, 5) is 72.8. The lowest BCUT2D eigenvalue weighted by Gasteiger charge is -2.21. The van der Waals surface area contributed by atoms with Crippen molar-refractivity contribution in [2.45, 2.75) is 341 Å². The molecule has 0 saturated heterocycles. The molecule has 0 rings (SSSR count). The Balaban J connectivity index is 5.34. The highest BCUT2D eigenvalue weighted by molar-refractivity contribution is 7.47. The van der Waals surface area contributed by atoms with Crippen LogP contribution in [0.4, 0.5) is 0 Å². The first-order valence-corrected chi connectivity index (χ1v) is 41.5. The van der Waals surface area contributed by atoms with Crippen molar-refractivity contribution in [1.29, 1.82) is 0 Å². The highest BCUT2D eigenvalue weighted by Crippen LogP contribution is 2.45. The molecule has 0 aromatic rings. The van der Waals surface area contributed by atoms with Gasteiger partial charge in [0.25, 0.3) is 0 Å². The lowest BCUT2D eigenvalue weighted by molar-refractivity contribution is -0.161. The monoisotopic (exact) mass is 1420 g/mol. The van der Waals surface area contributed by atoms with Crippen LogP contribution in [0.1, 0.15) is 323 Å². The summed E-state index contributed by atoms with van der Waals surface area (Å²) in [5, 5.41) is 10.6. The number of hydrogen-bond donors (Lipinski definition) is 3. The van der Waals surface area contributed by atoms with Crippen LogP contribution in [0.5, 0.6) is 0 Å². The minimum Gasteiger partial charge on any atom is -0.462 e. The van der Waals surface area contributed by atoms with Gasteiger partial charge in [-0.15, -0.1) is 0 Å². The third kappa shape index (κ3) is 70.4. The fraction of sp³-hybridized carbons (Fsp3) is 0.747. The number of aliphatic hydroxyl groups excluding tert-OH is 1. The molecule has 0 aliphatic heterocycles. The lowest BCUT2D eigenvalue weighted by Crippen LogP contribution is -2.30. The van der Waals surface area contributed by atoms with E-state index in [1.54, 1.807) is 0 Å². The van der Waals surface area contributed by atoms with Crippen LogP contribution < -0.4 is 0 Å². The van der Waals surface area contributed by atoms with Crippen LogP contribution in [0.2, 0.25) is 0 Å². The van der Waals surface area contributed by atoms with Crippen molar-refractivity contribution in [3.8, 4) is 0 Å². The minimum atomic E-state index is -4.98. The van der Waals surface area contributed by atoms with E-state index in [9.17, 15) is 43.2 Å². The summed E-state index contributed by atoms with van der Waals surface area (Å²) in [5.74, 6) is -2.22. The highest BCUT2D eigenvalue weighted by Gasteiger charge is 2.30. The molecule has 5 unspecified atom stereocenters. The van der Waals surface area contributed by atoms with Crippen LogP contribution in [0, 0.1) is 0 Å². The van der Waals surface area contributed by atoms with E-state index in [2.05, 4.69) is 125 Å². The first kappa shape index (κ1) is 94.0. The van der Waals surface area contributed by atoms with E-state index < -0.39 is 97.5 Å². The number of unbranched alkanes of at least 4 members (excludes halogenated alkanes) is 30. The molecule has 0 aromatic carbocycles. The van der Waals surface area contributed by atoms with E-state index in [0.717, 1.165) is 186 Å². The van der Waals surface area contributed by atoms with Gasteiger partial charge in [0, 0.05) is 25.7 Å². The highest BCUT2D eigenvalue weighted by atomic mass is 31.2. The van der Waals surface area contributed by atoms with Gasteiger partial charge in [-0.05, 0) is 141 Å². The van der Waals surface area contributed by atoms with Gasteiger partial charge < -0.3 is 33.8 Å². The van der Waals surface area contributed by atoms with Crippen LogP contribution in [0.3, 0.4) is 0 Å². The maximum absolute atomic E-state index is 13.1. The molecule has 0 aliphatic rings. The standard InChI is InChI=1S/C79H138O17P2/c1-5-9-13-17-21-25-29-32-34-35-36-37-39-41-45-48-52-56-60-64-77(82)90-70-75(96-79(84)66-62-58-54-50-46-42-38-33-30-26-22-18-14-10-6-2)72-94-98(87,88)92-68-73(80)67-91-97(85,86)93-71-74(95-78(83)65-61-57-53-49-43-28-24-20-16-12-8-4)69-89-76(81)63-59-55-51-47-44-40-31-27-23-19-15-11-7-3/h10,14,20-22,24-27,31-34,36-38,73-75,80H,5-9,11-13,15-19,23,28-30,35,39-72H2,1-4H3,(H,85,86)(H,87,88)/b14-10-,24-20-,25-21-,26-22-,31-27-,34-32-,37-36-,38-33-. The molecule has 566 valence electrons. The van der Waals surface area contributed by atoms with Gasteiger partial charge in [0.05, 0.1) is 26.4 Å². The average molecular weight is 1420 g/mol. The second-order valence-corrected chi connectivity index (χ2v) is 28.5. The Morgan fingerprint density at radius 3 is 0.878 bits per heavy atom. The van der Waals surface area contributed by atoms with Crippen LogP contribution in [-0.4, -0.2) is 96.7 Å². The first-order valence-electron chi connectivity index (χ1n) is 38.5. The van der Waals surface area contributed by atoms with Crippen molar-refractivity contribution in [3.05, 3.63) is 97.2 Å². The molecule has 0 radical (unpaired) electrons. The van der Waals surface area contributed by atoms with Gasteiger partial charge >= 0.3 is 39.5 Å². The molecule has 0 bridgehead atoms. The van der Waals surface area contributed by atoms with Crippen molar-refractivity contribution in [2.24, 2.45) is 0 Å². The van der Waals surface area contributed by atoms with Gasteiger partial charge in [0.2, 0.25) is 0 Å². The quantitative estimate of drug-likeness (QED) is 0.0169. The van der Waals surface area contributed by atoms with Crippen LogP contribution in [0.25, 0.3) is 0 Å². The van der Waals surface area contributed by atoms with Gasteiger partial charge in [-0.1, -0.05) is 253 Å². The van der Waals surface area contributed by atoms with Crippen molar-refractivity contribution >= 4 is 39.5 Å². The van der Waals surface area contributed by atoms with E-state index >= 15 is 0 Å². The fourth-order valence-electron chi connectivity index (χ4n) is 10.1. The Kier molecular flexibility index (Phi) is 68.4. The average Bonchev–Trinajstić information content (AvgIpc) is 1.06. The zero-order valence-corrected chi connectivity index (χ0v) is 63.5. The predicted octanol–water partition coefficient (Wildman–Crippen LogP) is 22.0. The van der Waals surface area contributed by atoms with Crippen LogP contribution in [-0.2, 0) is 65.4 Å². The molecule has 0 heterocycles. The molecule has 3 N–H and O–H groups in total. The summed E-state index contributed by atoms with van der Waals surface area (Å²) in [6.07, 6.45) is 74.0. The van der Waals surface area contributed by atoms with Gasteiger partial charge in [0.15, 0.2) is 12.2 Å². The molecule has 0 amide bonds. The molecular formula is C79H138O17P2. The maximum Gasteiger partial charge on any atom is 0.472 e. The van der Waals surface area contributed by atoms with Crippen molar-refractivity contribution < 1.29 is 80.2 Å². The van der Waals surface area contributed by atoms with Gasteiger partial charge in [-0.3, -0.25) is 37.3 Å². The number of aliphatic hydroxyl groups is 1. The first-order chi connectivity index (χ1) is 47.7. The second kappa shape index (κ2) is 71.4. The molecule has 5 atom stereocenters. The molecule has 98 heavy (non-hydrogen) atoms. The lowest BCUT2D eigenvalue weighted by atomic mass is 10.1. The Morgan fingerprint density at radius 2 is 0.541 bits per heavy atom. The van der Waals surface area contributed by atoms with Gasteiger partial charge in [-0.2, -0.15) is 0 Å². The zero-order chi connectivity index (χ0) is 71.8. The molecule has 0 aromatic heterocycles. The van der Waals surface area contributed by atoms with Gasteiger partial charge in [-0.25, -0.2) is 9.13 Å². The van der Waals surface area contributed by atoms with E-state index in [-0.39, 0.29) is 25.7 Å². The molecule has 0 aliphatic carbocycles. The van der Waals surface area contributed by atoms with Crippen molar-refractivity contribution in [2.75, 3.05) is 39.6 Å². The minimum absolute atomic E-state index is 0.0720. The number of phosphoric acid groups is 2. The number of ether oxygens (including phenoxy) is 4. The van der Waals surface area contributed by atoms with Crippen LogP contribution in [0.15, 0.2) is 97.2 Å². The van der Waals surface area contributed by atoms with Crippen LogP contribution >= 0.6 is 15.6 Å². The molecule has 19 heteroatoms. The number of carbonyl (C=O) groups is 4. The normalized spacial score (nSPS) is 14.5. The van der Waals surface area contributed by atoms with E-state index in [4.69, 9.17) is 37.0 Å². The van der Waals surface area contributed by atoms with Crippen molar-refractivity contribution in [3.63, 3.8) is 0 Å². The number of esters is 4. The van der Waals surface area contributed by atoms with E-state index in [0.29, 0.717) is 25.7 Å². The fourth-order valence-corrected chi connectivity index (χ4v) is 11.7. The summed E-state index contributed by atoms with van der Waals surface area (Å²) >= 11 is 0.